The zero-order valence-corrected chi connectivity index (χ0v) is 11.5. The smallest absolute Gasteiger partial charge is 0.410 e. The lowest BCUT2D eigenvalue weighted by Crippen LogP contribution is -2.40. The van der Waals surface area contributed by atoms with Crippen molar-refractivity contribution < 1.29 is 9.53 Å². The molecule has 1 aliphatic rings. The average Bonchev–Trinajstić information content (AvgIpc) is 2.39. The number of nitrogens with zero attached hydrogens (tertiary/aromatic N) is 2. The molecular formula is C12H24N4O2. The van der Waals surface area contributed by atoms with E-state index < -0.39 is 5.60 Å². The van der Waals surface area contributed by atoms with Crippen molar-refractivity contribution >= 4 is 12.1 Å². The van der Waals surface area contributed by atoms with Gasteiger partial charge in [0, 0.05) is 13.1 Å². The molecule has 6 nitrogen and oxygen atoms in total. The summed E-state index contributed by atoms with van der Waals surface area (Å²) in [7, 11) is 0. The molecule has 0 aromatic heterocycles. The lowest BCUT2D eigenvalue weighted by atomic mass is 10.1. The molecule has 1 rings (SSSR count). The molecule has 1 heterocycles. The van der Waals surface area contributed by atoms with Crippen LogP contribution in [-0.4, -0.2) is 41.7 Å². The molecule has 1 fully saturated rings. The van der Waals surface area contributed by atoms with Crippen LogP contribution in [0.2, 0.25) is 0 Å². The molecule has 1 saturated heterocycles. The van der Waals surface area contributed by atoms with Crippen LogP contribution < -0.4 is 11.5 Å². The molecule has 104 valence electrons. The summed E-state index contributed by atoms with van der Waals surface area (Å²) in [5.41, 5.74) is 10.3. The highest BCUT2D eigenvalue weighted by molar-refractivity contribution is 5.76. The van der Waals surface area contributed by atoms with Crippen LogP contribution in [-0.2, 0) is 4.74 Å². The van der Waals surface area contributed by atoms with E-state index in [-0.39, 0.29) is 18.1 Å². The number of guanidine groups is 1. The maximum atomic E-state index is 12.0. The van der Waals surface area contributed by atoms with Gasteiger partial charge in [-0.05, 0) is 40.0 Å². The van der Waals surface area contributed by atoms with E-state index in [4.69, 9.17) is 16.2 Å². The van der Waals surface area contributed by atoms with Gasteiger partial charge in [-0.25, -0.2) is 9.79 Å². The van der Waals surface area contributed by atoms with Crippen molar-refractivity contribution in [2.75, 3.05) is 13.1 Å². The summed E-state index contributed by atoms with van der Waals surface area (Å²) in [5.74, 6) is 0.0750. The number of ether oxygens (including phenoxy) is 1. The predicted octanol–water partition coefficient (Wildman–Crippen LogP) is 1.05. The summed E-state index contributed by atoms with van der Waals surface area (Å²) in [6.07, 6.45) is 2.58. The first kappa shape index (κ1) is 14.6. The Balaban J connectivity index is 2.64. The number of aliphatic imine (C=N–C) groups is 1. The number of rotatable bonds is 1. The summed E-state index contributed by atoms with van der Waals surface area (Å²) in [6.45, 7) is 6.79. The van der Waals surface area contributed by atoms with Gasteiger partial charge in [-0.1, -0.05) is 0 Å². The van der Waals surface area contributed by atoms with Crippen molar-refractivity contribution in [3.63, 3.8) is 0 Å². The van der Waals surface area contributed by atoms with Gasteiger partial charge in [-0.2, -0.15) is 0 Å². The second-order valence-electron chi connectivity index (χ2n) is 5.63. The molecule has 0 aromatic carbocycles. The Kier molecular flexibility index (Phi) is 4.81. The molecule has 0 spiro atoms. The Morgan fingerprint density at radius 1 is 1.33 bits per heavy atom. The normalized spacial score (nSPS) is 21.1. The van der Waals surface area contributed by atoms with E-state index in [9.17, 15) is 4.79 Å². The van der Waals surface area contributed by atoms with E-state index in [0.29, 0.717) is 13.1 Å². The summed E-state index contributed by atoms with van der Waals surface area (Å²) in [4.78, 5) is 17.8. The minimum absolute atomic E-state index is 0.0231. The van der Waals surface area contributed by atoms with Crippen molar-refractivity contribution in [2.45, 2.75) is 51.7 Å². The van der Waals surface area contributed by atoms with Crippen LogP contribution in [0.5, 0.6) is 0 Å². The first-order valence-corrected chi connectivity index (χ1v) is 6.34. The highest BCUT2D eigenvalue weighted by Crippen LogP contribution is 2.16. The van der Waals surface area contributed by atoms with Crippen LogP contribution in [0.25, 0.3) is 0 Å². The fourth-order valence-corrected chi connectivity index (χ4v) is 1.93. The zero-order chi connectivity index (χ0) is 13.8. The fraction of sp³-hybridized carbons (Fsp3) is 0.833. The van der Waals surface area contributed by atoms with E-state index >= 15 is 0 Å². The molecular weight excluding hydrogens is 232 g/mol. The van der Waals surface area contributed by atoms with Gasteiger partial charge in [-0.15, -0.1) is 0 Å². The van der Waals surface area contributed by atoms with Gasteiger partial charge in [0.15, 0.2) is 5.96 Å². The molecule has 1 atom stereocenters. The Bertz CT molecular complexity index is 319. The standard InChI is InChI=1S/C12H24N4O2/c1-12(2,3)18-11(17)16-7-5-4-6-9(8-16)15-10(13)14/h9H,4-8H2,1-3H3,(H4,13,14,15)/t9-/m0/s1. The number of amides is 1. The third kappa shape index (κ3) is 5.25. The third-order valence-corrected chi connectivity index (χ3v) is 2.63. The Labute approximate surface area is 108 Å². The molecule has 0 bridgehead atoms. The molecule has 1 amide bonds. The first-order valence-electron chi connectivity index (χ1n) is 6.34. The Morgan fingerprint density at radius 3 is 2.56 bits per heavy atom. The molecule has 1 aliphatic heterocycles. The van der Waals surface area contributed by atoms with Gasteiger partial charge in [0.05, 0.1) is 6.04 Å². The Morgan fingerprint density at radius 2 is 2.00 bits per heavy atom. The quantitative estimate of drug-likeness (QED) is 0.541. The van der Waals surface area contributed by atoms with Crippen LogP contribution in [0.3, 0.4) is 0 Å². The van der Waals surface area contributed by atoms with Crippen molar-refractivity contribution in [1.82, 2.24) is 4.90 Å². The number of carbonyl (C=O) groups excluding carboxylic acids is 1. The third-order valence-electron chi connectivity index (χ3n) is 2.63. The molecule has 0 unspecified atom stereocenters. The maximum absolute atomic E-state index is 12.0. The number of carbonyl (C=O) groups is 1. The SMILES string of the molecule is CC(C)(C)OC(=O)N1CCCC[C@H](N=C(N)N)C1. The van der Waals surface area contributed by atoms with E-state index in [2.05, 4.69) is 4.99 Å². The second kappa shape index (κ2) is 5.93. The van der Waals surface area contributed by atoms with Crippen molar-refractivity contribution in [3.05, 3.63) is 0 Å². The van der Waals surface area contributed by atoms with Crippen LogP contribution in [0.4, 0.5) is 4.79 Å². The Hall–Kier alpha value is -1.46. The predicted molar refractivity (Wildman–Crippen MR) is 71.3 cm³/mol. The average molecular weight is 256 g/mol. The van der Waals surface area contributed by atoms with Crippen LogP contribution in [0, 0.1) is 0 Å². The highest BCUT2D eigenvalue weighted by Gasteiger charge is 2.26. The number of nitrogens with two attached hydrogens (primary N) is 2. The zero-order valence-electron chi connectivity index (χ0n) is 11.5. The molecule has 4 N–H and O–H groups in total. The topological polar surface area (TPSA) is 93.9 Å². The molecule has 0 radical (unpaired) electrons. The molecule has 0 saturated carbocycles. The van der Waals surface area contributed by atoms with Gasteiger partial charge in [0.2, 0.25) is 0 Å². The van der Waals surface area contributed by atoms with Crippen LogP contribution >= 0.6 is 0 Å². The second-order valence-corrected chi connectivity index (χ2v) is 5.63. The minimum atomic E-state index is -0.477. The molecule has 6 heteroatoms. The van der Waals surface area contributed by atoms with Gasteiger partial charge in [0.1, 0.15) is 5.60 Å². The van der Waals surface area contributed by atoms with E-state index in [0.717, 1.165) is 19.3 Å². The van der Waals surface area contributed by atoms with Crippen molar-refractivity contribution in [2.24, 2.45) is 16.5 Å². The number of likely N-dealkylation sites (tertiary alicyclic amines) is 1. The highest BCUT2D eigenvalue weighted by atomic mass is 16.6. The summed E-state index contributed by atoms with van der Waals surface area (Å²) in [6, 6.07) is -0.0231. The molecule has 18 heavy (non-hydrogen) atoms. The lowest BCUT2D eigenvalue weighted by Gasteiger charge is -2.27. The fourth-order valence-electron chi connectivity index (χ4n) is 1.93. The van der Waals surface area contributed by atoms with E-state index in [1.165, 1.54) is 0 Å². The summed E-state index contributed by atoms with van der Waals surface area (Å²) >= 11 is 0. The number of hydrogen-bond acceptors (Lipinski definition) is 3. The molecule has 0 aromatic rings. The largest absolute Gasteiger partial charge is 0.444 e. The lowest BCUT2D eigenvalue weighted by molar-refractivity contribution is 0.0250. The van der Waals surface area contributed by atoms with Gasteiger partial charge in [-0.3, -0.25) is 0 Å². The summed E-state index contributed by atoms with van der Waals surface area (Å²) < 4.78 is 5.36. The van der Waals surface area contributed by atoms with Gasteiger partial charge in [0.25, 0.3) is 0 Å². The van der Waals surface area contributed by atoms with Crippen LogP contribution in [0.15, 0.2) is 4.99 Å². The molecule has 0 aliphatic carbocycles. The van der Waals surface area contributed by atoms with E-state index in [1.807, 2.05) is 20.8 Å². The monoisotopic (exact) mass is 256 g/mol. The maximum Gasteiger partial charge on any atom is 0.410 e. The minimum Gasteiger partial charge on any atom is -0.444 e. The first-order chi connectivity index (χ1) is 8.28. The van der Waals surface area contributed by atoms with E-state index in [1.54, 1.807) is 4.90 Å². The van der Waals surface area contributed by atoms with Crippen molar-refractivity contribution in [1.29, 1.82) is 0 Å². The van der Waals surface area contributed by atoms with Crippen molar-refractivity contribution in [3.8, 4) is 0 Å². The summed E-state index contributed by atoms with van der Waals surface area (Å²) in [5, 5.41) is 0. The van der Waals surface area contributed by atoms with Gasteiger partial charge < -0.3 is 21.1 Å². The number of hydrogen-bond donors (Lipinski definition) is 2. The van der Waals surface area contributed by atoms with Crippen LogP contribution in [0.1, 0.15) is 40.0 Å². The van der Waals surface area contributed by atoms with Gasteiger partial charge >= 0.3 is 6.09 Å².